The van der Waals surface area contributed by atoms with Crippen molar-refractivity contribution in [2.75, 3.05) is 13.7 Å². The maximum Gasteiger partial charge on any atom is 0.268 e. The van der Waals surface area contributed by atoms with Gasteiger partial charge in [0.2, 0.25) is 5.91 Å². The van der Waals surface area contributed by atoms with E-state index < -0.39 is 0 Å². The van der Waals surface area contributed by atoms with Gasteiger partial charge in [-0.3, -0.25) is 14.6 Å². The molecule has 0 unspecified atom stereocenters. The Morgan fingerprint density at radius 2 is 2.20 bits per heavy atom. The first-order valence-corrected chi connectivity index (χ1v) is 9.00. The molecular formula is C18H21N3O3S. The van der Waals surface area contributed by atoms with Crippen molar-refractivity contribution >= 4 is 23.2 Å². The van der Waals surface area contributed by atoms with Crippen molar-refractivity contribution in [2.45, 2.75) is 32.4 Å². The summed E-state index contributed by atoms with van der Waals surface area (Å²) in [6.45, 7) is 2.90. The molecule has 25 heavy (non-hydrogen) atoms. The summed E-state index contributed by atoms with van der Waals surface area (Å²) >= 11 is 1.43. The van der Waals surface area contributed by atoms with E-state index in [1.807, 2.05) is 25.1 Å². The molecule has 0 bridgehead atoms. The molecule has 6 nitrogen and oxygen atoms in total. The molecule has 0 spiro atoms. The summed E-state index contributed by atoms with van der Waals surface area (Å²) in [6, 6.07) is 5.65. The largest absolute Gasteiger partial charge is 0.495 e. The molecule has 0 saturated carbocycles. The molecule has 0 aromatic carbocycles. The Kier molecular flexibility index (Phi) is 5.33. The van der Waals surface area contributed by atoms with Crippen LogP contribution in [0.25, 0.3) is 0 Å². The first kappa shape index (κ1) is 17.4. The van der Waals surface area contributed by atoms with Gasteiger partial charge in [-0.1, -0.05) is 0 Å². The fraction of sp³-hybridized carbons (Fsp3) is 0.389. The number of thiophene rings is 1. The van der Waals surface area contributed by atoms with Crippen molar-refractivity contribution in [1.82, 2.24) is 15.2 Å². The van der Waals surface area contributed by atoms with E-state index in [0.29, 0.717) is 30.1 Å². The third-order valence-electron chi connectivity index (χ3n) is 4.17. The topological polar surface area (TPSA) is 71.5 Å². The Morgan fingerprint density at radius 1 is 1.44 bits per heavy atom. The van der Waals surface area contributed by atoms with Crippen molar-refractivity contribution in [1.29, 1.82) is 0 Å². The third kappa shape index (κ3) is 4.17. The van der Waals surface area contributed by atoms with Crippen LogP contribution in [0.3, 0.4) is 0 Å². The number of carbonyl (C=O) groups excluding carboxylic acids is 2. The van der Waals surface area contributed by atoms with Crippen LogP contribution in [-0.4, -0.2) is 41.4 Å². The van der Waals surface area contributed by atoms with Gasteiger partial charge < -0.3 is 15.0 Å². The van der Waals surface area contributed by atoms with Crippen molar-refractivity contribution in [3.8, 4) is 5.75 Å². The van der Waals surface area contributed by atoms with E-state index in [9.17, 15) is 9.59 Å². The van der Waals surface area contributed by atoms with Gasteiger partial charge in [0, 0.05) is 42.8 Å². The zero-order chi connectivity index (χ0) is 17.8. The van der Waals surface area contributed by atoms with Crippen LogP contribution in [0.2, 0.25) is 0 Å². The Hall–Kier alpha value is -2.41. The number of aryl methyl sites for hydroxylation is 1. The van der Waals surface area contributed by atoms with Gasteiger partial charge in [0.15, 0.2) is 0 Å². The number of nitrogens with one attached hydrogen (secondary N) is 1. The van der Waals surface area contributed by atoms with Crippen LogP contribution < -0.4 is 10.1 Å². The van der Waals surface area contributed by atoms with Crippen LogP contribution in [0.4, 0.5) is 0 Å². The second kappa shape index (κ2) is 7.65. The quantitative estimate of drug-likeness (QED) is 0.860. The highest BCUT2D eigenvalue weighted by molar-refractivity contribution is 7.14. The Labute approximate surface area is 150 Å². The summed E-state index contributed by atoms with van der Waals surface area (Å²) in [5, 5.41) is 2.94. The molecule has 1 aliphatic heterocycles. The van der Waals surface area contributed by atoms with Crippen molar-refractivity contribution in [3.63, 3.8) is 0 Å². The van der Waals surface area contributed by atoms with Crippen LogP contribution in [0.5, 0.6) is 5.75 Å². The summed E-state index contributed by atoms with van der Waals surface area (Å²) in [6.07, 6.45) is 4.69. The number of nitrogens with zero attached hydrogens (tertiary/aromatic N) is 2. The monoisotopic (exact) mass is 359 g/mol. The molecule has 1 saturated heterocycles. The summed E-state index contributed by atoms with van der Waals surface area (Å²) in [5.41, 5.74) is 1.000. The summed E-state index contributed by atoms with van der Waals surface area (Å²) in [4.78, 5) is 32.1. The minimum atomic E-state index is -0.0760. The number of pyridine rings is 1. The maximum absolute atomic E-state index is 13.1. The molecule has 1 N–H and O–H groups in total. The number of rotatable bonds is 6. The molecule has 0 aliphatic carbocycles. The van der Waals surface area contributed by atoms with Gasteiger partial charge in [0.25, 0.3) is 5.91 Å². The molecule has 7 heteroatoms. The average molecular weight is 359 g/mol. The summed E-state index contributed by atoms with van der Waals surface area (Å²) in [7, 11) is 1.57. The minimum Gasteiger partial charge on any atom is -0.495 e. The molecule has 2 aromatic rings. The average Bonchev–Trinajstić information content (AvgIpc) is 3.19. The van der Waals surface area contributed by atoms with Crippen molar-refractivity contribution < 1.29 is 14.3 Å². The predicted octanol–water partition coefficient (Wildman–Crippen LogP) is 2.38. The number of hydrogen-bond acceptors (Lipinski definition) is 5. The molecular weight excluding hydrogens is 338 g/mol. The van der Waals surface area contributed by atoms with Gasteiger partial charge in [-0.2, -0.15) is 0 Å². The van der Waals surface area contributed by atoms with Gasteiger partial charge in [-0.15, -0.1) is 11.3 Å². The van der Waals surface area contributed by atoms with Crippen LogP contribution in [0.15, 0.2) is 30.6 Å². The van der Waals surface area contributed by atoms with Crippen LogP contribution in [0.1, 0.15) is 33.0 Å². The van der Waals surface area contributed by atoms with Crippen LogP contribution in [-0.2, 0) is 11.3 Å². The molecule has 1 atom stereocenters. The molecule has 3 rings (SSSR count). The smallest absolute Gasteiger partial charge is 0.268 e. The van der Waals surface area contributed by atoms with Gasteiger partial charge in [-0.05, 0) is 37.1 Å². The highest BCUT2D eigenvalue weighted by atomic mass is 32.1. The van der Waals surface area contributed by atoms with E-state index in [1.54, 1.807) is 24.4 Å². The zero-order valence-electron chi connectivity index (χ0n) is 14.3. The molecule has 3 heterocycles. The lowest BCUT2D eigenvalue weighted by atomic mass is 10.2. The lowest BCUT2D eigenvalue weighted by Gasteiger charge is -2.25. The lowest BCUT2D eigenvalue weighted by molar-refractivity contribution is -0.119. The fourth-order valence-corrected chi connectivity index (χ4v) is 3.89. The standard InChI is InChI=1S/C18H21N3O3S/c1-12-9-15(24-2)17(25-12)18(23)21(10-13-5-7-19-8-6-13)11-14-3-4-16(22)20-14/h5-9,14H,3-4,10-11H2,1-2H3,(H,20,22)/t14-/m0/s1. The molecule has 2 amide bonds. The number of amides is 2. The molecule has 1 aliphatic rings. The van der Waals surface area contributed by atoms with Crippen LogP contribution >= 0.6 is 11.3 Å². The van der Waals surface area contributed by atoms with E-state index in [1.165, 1.54) is 11.3 Å². The third-order valence-corrected chi connectivity index (χ3v) is 5.19. The number of carbonyl (C=O) groups is 2. The first-order valence-electron chi connectivity index (χ1n) is 8.18. The van der Waals surface area contributed by atoms with Gasteiger partial charge in [-0.25, -0.2) is 0 Å². The number of methoxy groups -OCH3 is 1. The summed E-state index contributed by atoms with van der Waals surface area (Å²) < 4.78 is 5.36. The Balaban J connectivity index is 1.83. The molecule has 2 aromatic heterocycles. The molecule has 1 fully saturated rings. The minimum absolute atomic E-state index is 0.00894. The second-order valence-corrected chi connectivity index (χ2v) is 7.36. The Bertz CT molecular complexity index is 760. The lowest BCUT2D eigenvalue weighted by Crippen LogP contribution is -2.41. The molecule has 132 valence electrons. The number of aromatic nitrogens is 1. The predicted molar refractivity (Wildman–Crippen MR) is 95.8 cm³/mol. The first-order chi connectivity index (χ1) is 12.1. The van der Waals surface area contributed by atoms with E-state index in [2.05, 4.69) is 10.3 Å². The van der Waals surface area contributed by atoms with Crippen molar-refractivity contribution in [2.24, 2.45) is 0 Å². The van der Waals surface area contributed by atoms with E-state index in [-0.39, 0.29) is 17.9 Å². The normalized spacial score (nSPS) is 16.6. The highest BCUT2D eigenvalue weighted by Gasteiger charge is 2.28. The SMILES string of the molecule is COc1cc(C)sc1C(=O)N(Cc1ccncc1)C[C@@H]1CCC(=O)N1. The van der Waals surface area contributed by atoms with Gasteiger partial charge in [0.1, 0.15) is 10.6 Å². The fourth-order valence-electron chi connectivity index (χ4n) is 2.94. The Morgan fingerprint density at radius 3 is 2.84 bits per heavy atom. The zero-order valence-corrected chi connectivity index (χ0v) is 15.1. The number of hydrogen-bond donors (Lipinski definition) is 1. The number of ether oxygens (including phenoxy) is 1. The van der Waals surface area contributed by atoms with Crippen LogP contribution in [0, 0.1) is 6.92 Å². The van der Waals surface area contributed by atoms with Crippen molar-refractivity contribution in [3.05, 3.63) is 45.9 Å². The molecule has 0 radical (unpaired) electrons. The van der Waals surface area contributed by atoms with E-state index in [0.717, 1.165) is 16.9 Å². The van der Waals surface area contributed by atoms with Gasteiger partial charge >= 0.3 is 0 Å². The summed E-state index contributed by atoms with van der Waals surface area (Å²) in [5.74, 6) is 0.571. The van der Waals surface area contributed by atoms with Gasteiger partial charge in [0.05, 0.1) is 7.11 Å². The van der Waals surface area contributed by atoms with E-state index in [4.69, 9.17) is 4.74 Å². The van der Waals surface area contributed by atoms with E-state index >= 15 is 0 Å². The highest BCUT2D eigenvalue weighted by Crippen LogP contribution is 2.30. The maximum atomic E-state index is 13.1. The second-order valence-electron chi connectivity index (χ2n) is 6.10.